The van der Waals surface area contributed by atoms with Gasteiger partial charge in [0.15, 0.2) is 0 Å². The van der Waals surface area contributed by atoms with Crippen LogP contribution < -0.4 is 5.32 Å². The Kier molecular flexibility index (Phi) is 5.91. The van der Waals surface area contributed by atoms with Crippen LogP contribution in [0.15, 0.2) is 53.6 Å². The molecule has 9 heteroatoms. The van der Waals surface area contributed by atoms with Gasteiger partial charge in [-0.15, -0.1) is 11.3 Å². The number of ether oxygens (including phenoxy) is 1. The molecule has 152 valence electrons. The van der Waals surface area contributed by atoms with Crippen LogP contribution in [0, 0.1) is 6.92 Å². The van der Waals surface area contributed by atoms with Crippen LogP contribution in [0.1, 0.15) is 10.6 Å². The molecule has 1 aromatic carbocycles. The van der Waals surface area contributed by atoms with E-state index in [0.29, 0.717) is 38.7 Å². The number of thiazole rings is 1. The van der Waals surface area contributed by atoms with Gasteiger partial charge >= 0.3 is 0 Å². The van der Waals surface area contributed by atoms with E-state index in [1.54, 1.807) is 23.5 Å². The largest absolute Gasteiger partial charge is 0.379 e. The third-order valence-electron chi connectivity index (χ3n) is 4.69. The van der Waals surface area contributed by atoms with E-state index in [4.69, 9.17) is 4.74 Å². The summed E-state index contributed by atoms with van der Waals surface area (Å²) >= 11 is 1.64. The number of aryl methyl sites for hydroxylation is 1. The van der Waals surface area contributed by atoms with Gasteiger partial charge in [-0.3, -0.25) is 0 Å². The Bertz CT molecular complexity index is 1060. The lowest BCUT2D eigenvalue weighted by Gasteiger charge is -2.25. The van der Waals surface area contributed by atoms with Crippen molar-refractivity contribution < 1.29 is 13.2 Å². The summed E-state index contributed by atoms with van der Waals surface area (Å²) in [5.74, 6) is 0.625. The third kappa shape index (κ3) is 4.48. The molecular weight excluding hydrogens is 408 g/mol. The number of nitrogens with one attached hydrogen (secondary N) is 1. The van der Waals surface area contributed by atoms with E-state index in [1.165, 1.54) is 10.5 Å². The topological polar surface area (TPSA) is 84.4 Å². The number of benzene rings is 1. The van der Waals surface area contributed by atoms with E-state index < -0.39 is 10.0 Å². The molecule has 1 aliphatic heterocycles. The van der Waals surface area contributed by atoms with Crippen LogP contribution in [0.3, 0.4) is 0 Å². The monoisotopic (exact) mass is 430 g/mol. The molecule has 1 N–H and O–H groups in total. The van der Waals surface area contributed by atoms with Crippen molar-refractivity contribution >= 4 is 27.2 Å². The molecule has 0 saturated carbocycles. The lowest BCUT2D eigenvalue weighted by molar-refractivity contribution is 0.0730. The minimum Gasteiger partial charge on any atom is -0.379 e. The number of rotatable bonds is 6. The molecular formula is C20H22N4O3S2. The summed E-state index contributed by atoms with van der Waals surface area (Å²) in [5.41, 5.74) is 2.08. The molecule has 1 saturated heterocycles. The molecule has 3 heterocycles. The van der Waals surface area contributed by atoms with E-state index in [2.05, 4.69) is 15.3 Å². The molecule has 1 aliphatic rings. The van der Waals surface area contributed by atoms with Crippen LogP contribution in [-0.2, 0) is 21.3 Å². The molecule has 29 heavy (non-hydrogen) atoms. The third-order valence-corrected chi connectivity index (χ3v) is 7.78. The molecule has 0 aliphatic carbocycles. The first-order valence-electron chi connectivity index (χ1n) is 9.33. The molecule has 0 amide bonds. The number of sulfonamides is 1. The highest BCUT2D eigenvalue weighted by Crippen LogP contribution is 2.28. The summed E-state index contributed by atoms with van der Waals surface area (Å²) in [4.78, 5) is 10.3. The average Bonchev–Trinajstić information content (AvgIpc) is 3.14. The minimum atomic E-state index is -3.52. The Morgan fingerprint density at radius 3 is 2.59 bits per heavy atom. The van der Waals surface area contributed by atoms with Crippen molar-refractivity contribution in [2.45, 2.75) is 18.4 Å². The first kappa shape index (κ1) is 20.0. The predicted molar refractivity (Wildman–Crippen MR) is 113 cm³/mol. The van der Waals surface area contributed by atoms with Crippen molar-refractivity contribution in [3.05, 3.63) is 59.2 Å². The standard InChI is InChI=1S/C20H22N4O3S2/c1-15-18(28-20(23-15)16-5-3-2-4-6-16)14-22-19-8-7-17(13-21-19)29(25,26)24-9-11-27-12-10-24/h2-8,13H,9-12,14H2,1H3,(H,21,22). The fourth-order valence-electron chi connectivity index (χ4n) is 3.04. The molecule has 2 aromatic heterocycles. The van der Waals surface area contributed by atoms with Gasteiger partial charge in [0.2, 0.25) is 10.0 Å². The van der Waals surface area contributed by atoms with E-state index in [-0.39, 0.29) is 4.90 Å². The Morgan fingerprint density at radius 1 is 1.14 bits per heavy atom. The van der Waals surface area contributed by atoms with Crippen molar-refractivity contribution in [1.29, 1.82) is 0 Å². The highest BCUT2D eigenvalue weighted by molar-refractivity contribution is 7.89. The molecule has 1 fully saturated rings. The first-order chi connectivity index (χ1) is 14.0. The zero-order chi connectivity index (χ0) is 20.3. The Hall–Kier alpha value is -2.33. The van der Waals surface area contributed by atoms with Crippen molar-refractivity contribution in [3.63, 3.8) is 0 Å². The lowest BCUT2D eigenvalue weighted by Crippen LogP contribution is -2.40. The van der Waals surface area contributed by atoms with Gasteiger partial charge in [-0.1, -0.05) is 30.3 Å². The lowest BCUT2D eigenvalue weighted by atomic mass is 10.2. The maximum atomic E-state index is 12.7. The summed E-state index contributed by atoms with van der Waals surface area (Å²) in [6.45, 7) is 4.16. The summed E-state index contributed by atoms with van der Waals surface area (Å²) in [6, 6.07) is 13.4. The molecule has 0 unspecified atom stereocenters. The highest BCUT2D eigenvalue weighted by atomic mass is 32.2. The van der Waals surface area contributed by atoms with Crippen molar-refractivity contribution in [2.24, 2.45) is 0 Å². The normalized spacial score (nSPS) is 15.3. The molecule has 0 spiro atoms. The molecule has 4 rings (SSSR count). The Balaban J connectivity index is 1.43. The second kappa shape index (κ2) is 8.58. The number of pyridine rings is 1. The van der Waals surface area contributed by atoms with E-state index in [0.717, 1.165) is 21.1 Å². The SMILES string of the molecule is Cc1nc(-c2ccccc2)sc1CNc1ccc(S(=O)(=O)N2CCOCC2)cn1. The van der Waals surface area contributed by atoms with Gasteiger partial charge < -0.3 is 10.1 Å². The van der Waals surface area contributed by atoms with Gasteiger partial charge in [0.1, 0.15) is 15.7 Å². The summed E-state index contributed by atoms with van der Waals surface area (Å²) in [6.07, 6.45) is 1.40. The van der Waals surface area contributed by atoms with Crippen LogP contribution in [0.5, 0.6) is 0 Å². The number of anilines is 1. The Morgan fingerprint density at radius 2 is 1.90 bits per heavy atom. The number of nitrogens with zero attached hydrogens (tertiary/aromatic N) is 3. The van der Waals surface area contributed by atoms with E-state index in [9.17, 15) is 8.42 Å². The minimum absolute atomic E-state index is 0.199. The van der Waals surface area contributed by atoms with Crippen molar-refractivity contribution in [1.82, 2.24) is 14.3 Å². The highest BCUT2D eigenvalue weighted by Gasteiger charge is 2.26. The van der Waals surface area contributed by atoms with Gasteiger partial charge in [0.25, 0.3) is 0 Å². The molecule has 0 radical (unpaired) electrons. The van der Waals surface area contributed by atoms with Crippen molar-refractivity contribution in [2.75, 3.05) is 31.6 Å². The summed E-state index contributed by atoms with van der Waals surface area (Å²) in [5, 5.41) is 4.24. The quantitative estimate of drug-likeness (QED) is 0.647. The van der Waals surface area contributed by atoms with Gasteiger partial charge in [-0.25, -0.2) is 18.4 Å². The zero-order valence-corrected chi connectivity index (χ0v) is 17.7. The second-order valence-corrected chi connectivity index (χ2v) is 9.66. The van der Waals surface area contributed by atoms with Crippen LogP contribution in [0.2, 0.25) is 0 Å². The number of hydrogen-bond donors (Lipinski definition) is 1. The van der Waals surface area contributed by atoms with Gasteiger partial charge in [0, 0.05) is 29.7 Å². The fraction of sp³-hybridized carbons (Fsp3) is 0.300. The Labute approximate surface area is 174 Å². The molecule has 0 atom stereocenters. The number of hydrogen-bond acceptors (Lipinski definition) is 7. The summed E-state index contributed by atoms with van der Waals surface area (Å²) in [7, 11) is -3.52. The maximum Gasteiger partial charge on any atom is 0.244 e. The van der Waals surface area contributed by atoms with E-state index in [1.807, 2.05) is 37.3 Å². The first-order valence-corrected chi connectivity index (χ1v) is 11.6. The van der Waals surface area contributed by atoms with Gasteiger partial charge in [-0.2, -0.15) is 4.31 Å². The maximum absolute atomic E-state index is 12.7. The van der Waals surface area contributed by atoms with Crippen LogP contribution in [0.25, 0.3) is 10.6 Å². The summed E-state index contributed by atoms with van der Waals surface area (Å²) < 4.78 is 32.0. The number of morpholine rings is 1. The zero-order valence-electron chi connectivity index (χ0n) is 16.0. The van der Waals surface area contributed by atoms with Crippen LogP contribution in [0.4, 0.5) is 5.82 Å². The molecule has 7 nitrogen and oxygen atoms in total. The molecule has 0 bridgehead atoms. The number of aromatic nitrogens is 2. The predicted octanol–water partition coefficient (Wildman–Crippen LogP) is 3.15. The van der Waals surface area contributed by atoms with Crippen LogP contribution >= 0.6 is 11.3 Å². The fourth-order valence-corrected chi connectivity index (χ4v) is 5.40. The van der Waals surface area contributed by atoms with Crippen molar-refractivity contribution in [3.8, 4) is 10.6 Å². The van der Waals surface area contributed by atoms with E-state index >= 15 is 0 Å². The van der Waals surface area contributed by atoms with Gasteiger partial charge in [0.05, 0.1) is 25.5 Å². The average molecular weight is 431 g/mol. The van der Waals surface area contributed by atoms with Gasteiger partial charge in [-0.05, 0) is 19.1 Å². The second-order valence-electron chi connectivity index (χ2n) is 6.64. The smallest absolute Gasteiger partial charge is 0.244 e. The molecule has 3 aromatic rings. The van der Waals surface area contributed by atoms with Crippen LogP contribution in [-0.4, -0.2) is 49.0 Å².